The number of pyridine rings is 1. The Labute approximate surface area is 111 Å². The highest BCUT2D eigenvalue weighted by Gasteiger charge is 2.17. The molecule has 0 aromatic carbocycles. The van der Waals surface area contributed by atoms with E-state index >= 15 is 0 Å². The molecule has 3 heteroatoms. The maximum absolute atomic E-state index is 4.43. The number of aromatic nitrogens is 1. The van der Waals surface area contributed by atoms with Gasteiger partial charge in [-0.25, -0.2) is 0 Å². The van der Waals surface area contributed by atoms with Crippen LogP contribution in [0.25, 0.3) is 0 Å². The molecule has 0 bridgehead atoms. The van der Waals surface area contributed by atoms with Gasteiger partial charge in [-0.2, -0.15) is 0 Å². The van der Waals surface area contributed by atoms with Gasteiger partial charge in [0.05, 0.1) is 5.69 Å². The van der Waals surface area contributed by atoms with Gasteiger partial charge in [-0.1, -0.05) is 13.0 Å². The minimum Gasteiger partial charge on any atom is -0.308 e. The lowest BCUT2D eigenvalue weighted by Gasteiger charge is -2.32. The molecule has 1 aromatic heterocycles. The van der Waals surface area contributed by atoms with Crippen molar-refractivity contribution in [2.75, 3.05) is 19.6 Å². The summed E-state index contributed by atoms with van der Waals surface area (Å²) in [5.41, 5.74) is 2.38. The van der Waals surface area contributed by atoms with Gasteiger partial charge in [0.25, 0.3) is 0 Å². The normalized spacial score (nSPS) is 18.1. The van der Waals surface area contributed by atoms with Gasteiger partial charge in [-0.05, 0) is 57.5 Å². The standard InChI is InChI=1S/C15H25N3/c1-3-8-18-9-6-14(7-10-18)17-12-15-5-4-13(2)11-16-15/h4-5,11,14,17H,3,6-10,12H2,1-2H3. The average molecular weight is 247 g/mol. The van der Waals surface area contributed by atoms with Crippen LogP contribution in [0.2, 0.25) is 0 Å². The Hall–Kier alpha value is -0.930. The molecule has 1 aromatic rings. The van der Waals surface area contributed by atoms with Gasteiger partial charge < -0.3 is 10.2 Å². The molecule has 0 unspecified atom stereocenters. The second-order valence-electron chi connectivity index (χ2n) is 5.32. The van der Waals surface area contributed by atoms with E-state index in [-0.39, 0.29) is 0 Å². The predicted octanol–water partition coefficient (Wildman–Crippen LogP) is 2.35. The molecule has 1 aliphatic rings. The van der Waals surface area contributed by atoms with Crippen LogP contribution >= 0.6 is 0 Å². The molecule has 18 heavy (non-hydrogen) atoms. The number of nitrogens with zero attached hydrogens (tertiary/aromatic N) is 2. The van der Waals surface area contributed by atoms with Gasteiger partial charge in [0.1, 0.15) is 0 Å². The average Bonchev–Trinajstić information content (AvgIpc) is 2.40. The van der Waals surface area contributed by atoms with E-state index in [1.54, 1.807) is 0 Å². The molecule has 0 radical (unpaired) electrons. The topological polar surface area (TPSA) is 28.2 Å². The van der Waals surface area contributed by atoms with Crippen LogP contribution in [0.1, 0.15) is 37.4 Å². The number of aryl methyl sites for hydroxylation is 1. The van der Waals surface area contributed by atoms with E-state index in [2.05, 4.69) is 41.2 Å². The van der Waals surface area contributed by atoms with Gasteiger partial charge >= 0.3 is 0 Å². The molecule has 0 aliphatic carbocycles. The highest BCUT2D eigenvalue weighted by Crippen LogP contribution is 2.11. The summed E-state index contributed by atoms with van der Waals surface area (Å²) in [4.78, 5) is 7.01. The summed E-state index contributed by atoms with van der Waals surface area (Å²) < 4.78 is 0. The Morgan fingerprint density at radius 3 is 2.72 bits per heavy atom. The maximum atomic E-state index is 4.43. The molecular weight excluding hydrogens is 222 g/mol. The number of likely N-dealkylation sites (tertiary alicyclic amines) is 1. The third-order valence-electron chi connectivity index (χ3n) is 3.67. The van der Waals surface area contributed by atoms with E-state index in [0.29, 0.717) is 6.04 Å². The lowest BCUT2D eigenvalue weighted by Crippen LogP contribution is -2.42. The van der Waals surface area contributed by atoms with Crippen molar-refractivity contribution in [3.8, 4) is 0 Å². The van der Waals surface area contributed by atoms with Crippen molar-refractivity contribution in [3.05, 3.63) is 29.6 Å². The Balaban J connectivity index is 1.70. The van der Waals surface area contributed by atoms with Crippen molar-refractivity contribution >= 4 is 0 Å². The first-order valence-electron chi connectivity index (χ1n) is 7.15. The van der Waals surface area contributed by atoms with E-state index < -0.39 is 0 Å². The van der Waals surface area contributed by atoms with Crippen LogP contribution in [0.4, 0.5) is 0 Å². The minimum atomic E-state index is 0.668. The summed E-state index contributed by atoms with van der Waals surface area (Å²) in [7, 11) is 0. The number of piperidine rings is 1. The Morgan fingerprint density at radius 1 is 1.33 bits per heavy atom. The summed E-state index contributed by atoms with van der Waals surface area (Å²) in [5, 5.41) is 3.63. The zero-order valence-electron chi connectivity index (χ0n) is 11.7. The molecule has 100 valence electrons. The lowest BCUT2D eigenvalue weighted by molar-refractivity contribution is 0.197. The van der Waals surface area contributed by atoms with Gasteiger partial charge in [-0.15, -0.1) is 0 Å². The van der Waals surface area contributed by atoms with Crippen LogP contribution in [-0.2, 0) is 6.54 Å². The highest BCUT2D eigenvalue weighted by molar-refractivity contribution is 5.12. The fourth-order valence-corrected chi connectivity index (χ4v) is 2.53. The molecule has 1 fully saturated rings. The zero-order valence-corrected chi connectivity index (χ0v) is 11.7. The van der Waals surface area contributed by atoms with Crippen molar-refractivity contribution in [2.24, 2.45) is 0 Å². The molecule has 0 saturated carbocycles. The van der Waals surface area contributed by atoms with Crippen molar-refractivity contribution in [3.63, 3.8) is 0 Å². The van der Waals surface area contributed by atoms with Gasteiger partial charge in [0, 0.05) is 18.8 Å². The molecule has 0 amide bonds. The second kappa shape index (κ2) is 6.86. The first-order chi connectivity index (χ1) is 8.78. The van der Waals surface area contributed by atoms with Crippen LogP contribution in [0.3, 0.4) is 0 Å². The Kier molecular flexibility index (Phi) is 5.14. The lowest BCUT2D eigenvalue weighted by atomic mass is 10.0. The van der Waals surface area contributed by atoms with Crippen molar-refractivity contribution in [1.29, 1.82) is 0 Å². The van der Waals surface area contributed by atoms with Crippen LogP contribution in [0.15, 0.2) is 18.3 Å². The van der Waals surface area contributed by atoms with Crippen LogP contribution in [0, 0.1) is 6.92 Å². The molecule has 1 N–H and O–H groups in total. The minimum absolute atomic E-state index is 0.668. The monoisotopic (exact) mass is 247 g/mol. The van der Waals surface area contributed by atoms with Gasteiger partial charge in [0.15, 0.2) is 0 Å². The van der Waals surface area contributed by atoms with E-state index in [1.807, 2.05) is 6.20 Å². The van der Waals surface area contributed by atoms with Gasteiger partial charge in [0.2, 0.25) is 0 Å². The van der Waals surface area contributed by atoms with Crippen LogP contribution < -0.4 is 5.32 Å². The largest absolute Gasteiger partial charge is 0.308 e. The number of nitrogens with one attached hydrogen (secondary N) is 1. The quantitative estimate of drug-likeness (QED) is 0.865. The van der Waals surface area contributed by atoms with Gasteiger partial charge in [-0.3, -0.25) is 4.98 Å². The number of hydrogen-bond donors (Lipinski definition) is 1. The van der Waals surface area contributed by atoms with Crippen molar-refractivity contribution in [1.82, 2.24) is 15.2 Å². The number of rotatable bonds is 5. The predicted molar refractivity (Wildman–Crippen MR) is 75.6 cm³/mol. The third-order valence-corrected chi connectivity index (χ3v) is 3.67. The Morgan fingerprint density at radius 2 is 2.11 bits per heavy atom. The van der Waals surface area contributed by atoms with E-state index in [0.717, 1.165) is 12.2 Å². The molecular formula is C15H25N3. The highest BCUT2D eigenvalue weighted by atomic mass is 15.1. The molecule has 1 aliphatic heterocycles. The summed E-state index contributed by atoms with van der Waals surface area (Å²) in [6, 6.07) is 4.92. The zero-order chi connectivity index (χ0) is 12.8. The molecule has 0 spiro atoms. The number of hydrogen-bond acceptors (Lipinski definition) is 3. The van der Waals surface area contributed by atoms with Crippen LogP contribution in [0.5, 0.6) is 0 Å². The maximum Gasteiger partial charge on any atom is 0.0541 e. The second-order valence-corrected chi connectivity index (χ2v) is 5.32. The molecule has 3 nitrogen and oxygen atoms in total. The molecule has 2 heterocycles. The molecule has 1 saturated heterocycles. The summed E-state index contributed by atoms with van der Waals surface area (Å²) in [6.07, 6.45) is 5.75. The smallest absolute Gasteiger partial charge is 0.0541 e. The van der Waals surface area contributed by atoms with E-state index in [9.17, 15) is 0 Å². The fraction of sp³-hybridized carbons (Fsp3) is 0.667. The van der Waals surface area contributed by atoms with E-state index in [4.69, 9.17) is 0 Å². The first-order valence-corrected chi connectivity index (χ1v) is 7.15. The summed E-state index contributed by atoms with van der Waals surface area (Å²) in [5.74, 6) is 0. The third kappa shape index (κ3) is 4.07. The molecule has 0 atom stereocenters. The SMILES string of the molecule is CCCN1CCC(NCc2ccc(C)cn2)CC1. The summed E-state index contributed by atoms with van der Waals surface area (Å²) >= 11 is 0. The van der Waals surface area contributed by atoms with E-state index in [1.165, 1.54) is 44.5 Å². The Bertz CT molecular complexity index is 339. The van der Waals surface area contributed by atoms with Crippen molar-refractivity contribution in [2.45, 2.75) is 45.7 Å². The van der Waals surface area contributed by atoms with Crippen LogP contribution in [-0.4, -0.2) is 35.6 Å². The first kappa shape index (κ1) is 13.5. The van der Waals surface area contributed by atoms with Crippen molar-refractivity contribution < 1.29 is 0 Å². The molecule has 2 rings (SSSR count). The fourth-order valence-electron chi connectivity index (χ4n) is 2.53. The summed E-state index contributed by atoms with van der Waals surface area (Å²) in [6.45, 7) is 8.98.